The number of nitrogens with two attached hydrogens (primary N) is 1. The summed E-state index contributed by atoms with van der Waals surface area (Å²) >= 11 is 5.97. The van der Waals surface area contributed by atoms with Gasteiger partial charge in [0.2, 0.25) is 5.95 Å². The van der Waals surface area contributed by atoms with Gasteiger partial charge in [0.15, 0.2) is 0 Å². The van der Waals surface area contributed by atoms with Gasteiger partial charge in [0.1, 0.15) is 0 Å². The Hall–Kier alpha value is -1.22. The Morgan fingerprint density at radius 1 is 1.47 bits per heavy atom. The molecule has 3 nitrogen and oxygen atoms in total. The van der Waals surface area contributed by atoms with Gasteiger partial charge < -0.3 is 10.3 Å². The average Bonchev–Trinajstić information content (AvgIpc) is 2.50. The average molecular weight is 250 g/mol. The highest BCUT2D eigenvalue weighted by molar-refractivity contribution is 6.31. The highest BCUT2D eigenvalue weighted by Crippen LogP contribution is 2.38. The molecule has 0 amide bonds. The molecule has 1 aromatic heterocycles. The van der Waals surface area contributed by atoms with E-state index in [1.165, 1.54) is 19.3 Å². The third-order valence-electron chi connectivity index (χ3n) is 3.92. The number of hydrogen-bond donors (Lipinski definition) is 1. The minimum Gasteiger partial charge on any atom is -0.369 e. The molecule has 1 atom stereocenters. The lowest BCUT2D eigenvalue weighted by molar-refractivity contribution is 0.227. The largest absolute Gasteiger partial charge is 0.369 e. The second-order valence-corrected chi connectivity index (χ2v) is 5.34. The highest BCUT2D eigenvalue weighted by atomic mass is 35.5. The third kappa shape index (κ3) is 1.69. The van der Waals surface area contributed by atoms with E-state index in [0.717, 1.165) is 17.0 Å². The first-order chi connectivity index (χ1) is 8.16. The van der Waals surface area contributed by atoms with Crippen LogP contribution in [0.5, 0.6) is 0 Å². The van der Waals surface area contributed by atoms with Crippen molar-refractivity contribution in [3.05, 3.63) is 23.2 Å². The number of hydrogen-bond acceptors (Lipinski definition) is 2. The molecular formula is C13H16ClN3. The molecule has 3 rings (SSSR count). The molecule has 2 aromatic rings. The topological polar surface area (TPSA) is 43.8 Å². The molecule has 0 saturated heterocycles. The van der Waals surface area contributed by atoms with Gasteiger partial charge in [-0.3, -0.25) is 0 Å². The van der Waals surface area contributed by atoms with Crippen LogP contribution in [0.2, 0.25) is 5.02 Å². The molecule has 1 aliphatic rings. The second-order valence-electron chi connectivity index (χ2n) is 4.90. The fourth-order valence-corrected chi connectivity index (χ4v) is 2.82. The molecule has 2 N–H and O–H groups in total. The molecule has 1 aromatic carbocycles. The lowest BCUT2D eigenvalue weighted by Gasteiger charge is -2.33. The number of anilines is 1. The number of nitrogens with zero attached hydrogens (tertiary/aromatic N) is 2. The van der Waals surface area contributed by atoms with Crippen molar-refractivity contribution >= 4 is 28.6 Å². The van der Waals surface area contributed by atoms with Crippen molar-refractivity contribution in [2.45, 2.75) is 32.2 Å². The van der Waals surface area contributed by atoms with Gasteiger partial charge in [0.05, 0.1) is 11.0 Å². The number of rotatable bonds is 2. The van der Waals surface area contributed by atoms with Crippen molar-refractivity contribution in [3.8, 4) is 0 Å². The van der Waals surface area contributed by atoms with Gasteiger partial charge in [-0.1, -0.05) is 18.0 Å². The van der Waals surface area contributed by atoms with E-state index in [4.69, 9.17) is 17.3 Å². The number of nitrogen functional groups attached to an aromatic ring is 1. The quantitative estimate of drug-likeness (QED) is 0.883. The molecule has 0 radical (unpaired) electrons. The van der Waals surface area contributed by atoms with E-state index >= 15 is 0 Å². The zero-order valence-electron chi connectivity index (χ0n) is 9.86. The molecule has 1 saturated carbocycles. The van der Waals surface area contributed by atoms with E-state index in [1.54, 1.807) is 0 Å². The van der Waals surface area contributed by atoms with Crippen molar-refractivity contribution in [2.75, 3.05) is 5.73 Å². The van der Waals surface area contributed by atoms with Gasteiger partial charge in [-0.05, 0) is 43.9 Å². The van der Waals surface area contributed by atoms with E-state index in [9.17, 15) is 0 Å². The fraction of sp³-hybridized carbons (Fsp3) is 0.462. The van der Waals surface area contributed by atoms with E-state index in [-0.39, 0.29) is 0 Å². The molecule has 1 heterocycles. The Balaban J connectivity index is 2.11. The highest BCUT2D eigenvalue weighted by Gasteiger charge is 2.27. The van der Waals surface area contributed by atoms with Crippen LogP contribution < -0.4 is 5.73 Å². The van der Waals surface area contributed by atoms with Gasteiger partial charge in [0, 0.05) is 11.1 Å². The van der Waals surface area contributed by atoms with E-state index in [2.05, 4.69) is 16.5 Å². The van der Waals surface area contributed by atoms with Crippen LogP contribution in [0.25, 0.3) is 11.0 Å². The molecule has 1 fully saturated rings. The number of fused-ring (bicyclic) bond motifs is 1. The molecule has 0 aliphatic heterocycles. The van der Waals surface area contributed by atoms with Crippen LogP contribution in [-0.4, -0.2) is 9.55 Å². The van der Waals surface area contributed by atoms with Crippen LogP contribution in [0, 0.1) is 5.92 Å². The zero-order chi connectivity index (χ0) is 12.0. The van der Waals surface area contributed by atoms with Crippen LogP contribution in [0.3, 0.4) is 0 Å². The van der Waals surface area contributed by atoms with E-state index in [1.807, 2.05) is 18.2 Å². The summed E-state index contributed by atoms with van der Waals surface area (Å²) in [5.41, 5.74) is 8.01. The van der Waals surface area contributed by atoms with Crippen molar-refractivity contribution < 1.29 is 0 Å². The first-order valence-electron chi connectivity index (χ1n) is 6.10. The molecule has 0 spiro atoms. The summed E-state index contributed by atoms with van der Waals surface area (Å²) in [4.78, 5) is 4.39. The maximum Gasteiger partial charge on any atom is 0.201 e. The van der Waals surface area contributed by atoms with Gasteiger partial charge in [-0.25, -0.2) is 4.98 Å². The van der Waals surface area contributed by atoms with Gasteiger partial charge >= 0.3 is 0 Å². The number of halogens is 1. The number of benzene rings is 1. The van der Waals surface area contributed by atoms with Gasteiger partial charge in [0.25, 0.3) is 0 Å². The SMILES string of the molecule is CC(C1CCC1)n1c(N)nc2cc(Cl)ccc21. The molecule has 0 bridgehead atoms. The number of imidazole rings is 1. The summed E-state index contributed by atoms with van der Waals surface area (Å²) < 4.78 is 2.15. The summed E-state index contributed by atoms with van der Waals surface area (Å²) in [6.07, 6.45) is 3.94. The summed E-state index contributed by atoms with van der Waals surface area (Å²) in [6, 6.07) is 6.21. The maximum absolute atomic E-state index is 6.03. The van der Waals surface area contributed by atoms with Crippen molar-refractivity contribution in [1.82, 2.24) is 9.55 Å². The summed E-state index contributed by atoms with van der Waals surface area (Å²) in [7, 11) is 0. The maximum atomic E-state index is 6.03. The molecule has 90 valence electrons. The fourth-order valence-electron chi connectivity index (χ4n) is 2.65. The Kier molecular flexibility index (Phi) is 2.51. The first-order valence-corrected chi connectivity index (χ1v) is 6.47. The Morgan fingerprint density at radius 2 is 2.24 bits per heavy atom. The standard InChI is InChI=1S/C13H16ClN3/c1-8(9-3-2-4-9)17-12-6-5-10(14)7-11(12)16-13(17)15/h5-9H,2-4H2,1H3,(H2,15,16). The van der Waals surface area contributed by atoms with Crippen molar-refractivity contribution in [3.63, 3.8) is 0 Å². The van der Waals surface area contributed by atoms with Gasteiger partial charge in [-0.2, -0.15) is 0 Å². The molecule has 1 unspecified atom stereocenters. The Morgan fingerprint density at radius 3 is 2.88 bits per heavy atom. The molecule has 17 heavy (non-hydrogen) atoms. The zero-order valence-corrected chi connectivity index (χ0v) is 10.6. The predicted octanol–water partition coefficient (Wildman–Crippen LogP) is 3.63. The molecule has 1 aliphatic carbocycles. The minimum atomic E-state index is 0.426. The number of aromatic nitrogens is 2. The minimum absolute atomic E-state index is 0.426. The Bertz CT molecular complexity index is 557. The van der Waals surface area contributed by atoms with Crippen LogP contribution in [0.4, 0.5) is 5.95 Å². The predicted molar refractivity (Wildman–Crippen MR) is 71.2 cm³/mol. The normalized spacial score (nSPS) is 18.2. The monoisotopic (exact) mass is 249 g/mol. The van der Waals surface area contributed by atoms with Crippen LogP contribution >= 0.6 is 11.6 Å². The van der Waals surface area contributed by atoms with E-state index in [0.29, 0.717) is 17.0 Å². The summed E-state index contributed by atoms with van der Waals surface area (Å²) in [5, 5.41) is 0.707. The summed E-state index contributed by atoms with van der Waals surface area (Å²) in [5.74, 6) is 1.34. The second kappa shape index (κ2) is 3.91. The molecular weight excluding hydrogens is 234 g/mol. The van der Waals surface area contributed by atoms with Crippen LogP contribution in [0.1, 0.15) is 32.2 Å². The lowest BCUT2D eigenvalue weighted by atomic mass is 9.80. The third-order valence-corrected chi connectivity index (χ3v) is 4.15. The smallest absolute Gasteiger partial charge is 0.201 e. The van der Waals surface area contributed by atoms with E-state index < -0.39 is 0 Å². The Labute approximate surface area is 106 Å². The van der Waals surface area contributed by atoms with Crippen molar-refractivity contribution in [1.29, 1.82) is 0 Å². The van der Waals surface area contributed by atoms with Crippen LogP contribution in [0.15, 0.2) is 18.2 Å². The van der Waals surface area contributed by atoms with Crippen LogP contribution in [-0.2, 0) is 0 Å². The molecule has 4 heteroatoms. The summed E-state index contributed by atoms with van der Waals surface area (Å²) in [6.45, 7) is 2.23. The van der Waals surface area contributed by atoms with Crippen molar-refractivity contribution in [2.24, 2.45) is 5.92 Å². The lowest BCUT2D eigenvalue weighted by Crippen LogP contribution is -2.23. The first kappa shape index (κ1) is 10.9. The van der Waals surface area contributed by atoms with Gasteiger partial charge in [-0.15, -0.1) is 0 Å².